The molecular weight excluding hydrogens is 374 g/mol. The Hall–Kier alpha value is -3.13. The number of rotatable bonds is 5. The normalized spacial score (nSPS) is 23.5. The first kappa shape index (κ1) is 19.2. The third-order valence-electron chi connectivity index (χ3n) is 5.17. The lowest BCUT2D eigenvalue weighted by Gasteiger charge is -2.27. The maximum Gasteiger partial charge on any atom is 0.347 e. The number of H-pyrrole nitrogens is 1. The van der Waals surface area contributed by atoms with Crippen molar-refractivity contribution in [2.45, 2.75) is 44.8 Å². The molecule has 0 amide bonds. The van der Waals surface area contributed by atoms with E-state index in [1.165, 1.54) is 0 Å². The van der Waals surface area contributed by atoms with E-state index in [2.05, 4.69) is 15.3 Å². The summed E-state index contributed by atoms with van der Waals surface area (Å²) >= 11 is 0. The lowest BCUT2D eigenvalue weighted by Crippen LogP contribution is -2.35. The fourth-order valence-electron chi connectivity index (χ4n) is 3.66. The highest BCUT2D eigenvalue weighted by Gasteiger charge is 2.38. The molecule has 4 rings (SSSR count). The van der Waals surface area contributed by atoms with E-state index >= 15 is 0 Å². The molecule has 0 spiro atoms. The van der Waals surface area contributed by atoms with Crippen molar-refractivity contribution in [3.63, 3.8) is 0 Å². The molecule has 152 valence electrons. The van der Waals surface area contributed by atoms with Gasteiger partial charge in [-0.15, -0.1) is 0 Å². The number of aliphatic hydroxyl groups is 1. The predicted molar refractivity (Wildman–Crippen MR) is 105 cm³/mol. The zero-order valence-electron chi connectivity index (χ0n) is 16.1. The second kappa shape index (κ2) is 8.08. The Morgan fingerprint density at radius 2 is 2.21 bits per heavy atom. The van der Waals surface area contributed by atoms with Crippen LogP contribution in [0.25, 0.3) is 17.1 Å². The minimum absolute atomic E-state index is 0.0160. The summed E-state index contributed by atoms with van der Waals surface area (Å²) in [4.78, 5) is 32.6. The molecule has 1 aliphatic carbocycles. The van der Waals surface area contributed by atoms with Crippen molar-refractivity contribution >= 4 is 28.9 Å². The van der Waals surface area contributed by atoms with Crippen LogP contribution in [0.15, 0.2) is 41.7 Å². The van der Waals surface area contributed by atoms with E-state index in [1.54, 1.807) is 25.4 Å². The number of allylic oxidation sites excluding steroid dienone is 1. The molecule has 0 atom stereocenters. The van der Waals surface area contributed by atoms with Crippen molar-refractivity contribution in [1.82, 2.24) is 15.3 Å². The van der Waals surface area contributed by atoms with Crippen LogP contribution in [-0.2, 0) is 19.1 Å². The first-order chi connectivity index (χ1) is 14.1. The van der Waals surface area contributed by atoms with Crippen LogP contribution in [0.4, 0.5) is 0 Å². The molecule has 1 fully saturated rings. The first-order valence-corrected chi connectivity index (χ1v) is 9.79. The van der Waals surface area contributed by atoms with Crippen LogP contribution in [0.5, 0.6) is 0 Å². The summed E-state index contributed by atoms with van der Waals surface area (Å²) in [5, 5.41) is 13.7. The smallest absolute Gasteiger partial charge is 0.347 e. The molecule has 0 unspecified atom stereocenters. The fraction of sp³-hybridized carbons (Fsp3) is 0.381. The SMILES string of the molecule is CCOC(=O)C1=C(N[C@H]2CC[C@H](O)CC2)OC(=Cc2c[nH]c3ncccc23)C1=O. The number of nitrogens with zero attached hydrogens (tertiary/aromatic N) is 1. The van der Waals surface area contributed by atoms with Gasteiger partial charge in [0.25, 0.3) is 0 Å². The number of pyridine rings is 1. The maximum absolute atomic E-state index is 12.9. The average molecular weight is 397 g/mol. The first-order valence-electron chi connectivity index (χ1n) is 9.79. The highest BCUT2D eigenvalue weighted by atomic mass is 16.5. The van der Waals surface area contributed by atoms with E-state index in [0.29, 0.717) is 18.5 Å². The van der Waals surface area contributed by atoms with Crippen molar-refractivity contribution in [1.29, 1.82) is 0 Å². The van der Waals surface area contributed by atoms with Gasteiger partial charge in [-0.25, -0.2) is 9.78 Å². The lowest BCUT2D eigenvalue weighted by molar-refractivity contribution is -0.139. The molecule has 8 heteroatoms. The Morgan fingerprint density at radius 1 is 1.41 bits per heavy atom. The molecule has 0 aromatic carbocycles. The summed E-state index contributed by atoms with van der Waals surface area (Å²) in [6.07, 6.45) is 7.49. The number of esters is 1. The monoisotopic (exact) mass is 397 g/mol. The second-order valence-corrected chi connectivity index (χ2v) is 7.16. The van der Waals surface area contributed by atoms with E-state index in [4.69, 9.17) is 9.47 Å². The fourth-order valence-corrected chi connectivity index (χ4v) is 3.66. The summed E-state index contributed by atoms with van der Waals surface area (Å²) in [5.74, 6) is -1.05. The van der Waals surface area contributed by atoms with Gasteiger partial charge in [0.05, 0.1) is 12.7 Å². The lowest BCUT2D eigenvalue weighted by atomic mass is 9.93. The molecule has 1 saturated carbocycles. The third kappa shape index (κ3) is 3.88. The van der Waals surface area contributed by atoms with Crippen LogP contribution in [0, 0.1) is 0 Å². The summed E-state index contributed by atoms with van der Waals surface area (Å²) in [7, 11) is 0. The van der Waals surface area contributed by atoms with Crippen molar-refractivity contribution in [2.24, 2.45) is 0 Å². The average Bonchev–Trinajstić information content (AvgIpc) is 3.25. The van der Waals surface area contributed by atoms with Crippen molar-refractivity contribution in [2.75, 3.05) is 6.61 Å². The summed E-state index contributed by atoms with van der Waals surface area (Å²) in [6, 6.07) is 3.71. The van der Waals surface area contributed by atoms with Crippen molar-refractivity contribution in [3.8, 4) is 0 Å². The number of hydrogen-bond acceptors (Lipinski definition) is 7. The maximum atomic E-state index is 12.9. The molecule has 0 bridgehead atoms. The number of nitrogens with one attached hydrogen (secondary N) is 2. The van der Waals surface area contributed by atoms with Gasteiger partial charge < -0.3 is 24.9 Å². The Kier molecular flexibility index (Phi) is 5.35. The van der Waals surface area contributed by atoms with Crippen LogP contribution >= 0.6 is 0 Å². The molecular formula is C21H23N3O5. The van der Waals surface area contributed by atoms with E-state index in [1.807, 2.05) is 12.1 Å². The number of aromatic amines is 1. The van der Waals surface area contributed by atoms with Gasteiger partial charge in [0.2, 0.25) is 11.7 Å². The number of ketones is 1. The quantitative estimate of drug-likeness (QED) is 0.402. The summed E-state index contributed by atoms with van der Waals surface area (Å²) < 4.78 is 10.9. The molecule has 2 aromatic heterocycles. The Morgan fingerprint density at radius 3 is 2.97 bits per heavy atom. The third-order valence-corrected chi connectivity index (χ3v) is 5.17. The van der Waals surface area contributed by atoms with E-state index in [0.717, 1.165) is 23.8 Å². The van der Waals surface area contributed by atoms with Crippen LogP contribution in [0.3, 0.4) is 0 Å². The topological polar surface area (TPSA) is 114 Å². The van der Waals surface area contributed by atoms with Gasteiger partial charge in [-0.2, -0.15) is 0 Å². The number of ether oxygens (including phenoxy) is 2. The number of carbonyl (C=O) groups excluding carboxylic acids is 2. The molecule has 0 saturated heterocycles. The zero-order chi connectivity index (χ0) is 20.4. The highest BCUT2D eigenvalue weighted by Crippen LogP contribution is 2.30. The van der Waals surface area contributed by atoms with Crippen LogP contribution in [0.1, 0.15) is 38.2 Å². The molecule has 2 aromatic rings. The Balaban J connectivity index is 1.62. The molecule has 0 radical (unpaired) electrons. The summed E-state index contributed by atoms with van der Waals surface area (Å²) in [5.41, 5.74) is 1.31. The molecule has 8 nitrogen and oxygen atoms in total. The molecule has 29 heavy (non-hydrogen) atoms. The van der Waals surface area contributed by atoms with Crippen molar-refractivity contribution in [3.05, 3.63) is 47.3 Å². The van der Waals surface area contributed by atoms with Gasteiger partial charge in [0.1, 0.15) is 5.65 Å². The number of aliphatic hydroxyl groups excluding tert-OH is 1. The van der Waals surface area contributed by atoms with Gasteiger partial charge in [-0.1, -0.05) is 0 Å². The minimum Gasteiger partial charge on any atom is -0.462 e. The van der Waals surface area contributed by atoms with Crippen LogP contribution in [-0.4, -0.2) is 45.6 Å². The van der Waals surface area contributed by atoms with Gasteiger partial charge in [-0.3, -0.25) is 4.79 Å². The van der Waals surface area contributed by atoms with Gasteiger partial charge in [0.15, 0.2) is 11.3 Å². The molecule has 3 heterocycles. The standard InChI is InChI=1S/C21H23N3O5/c1-2-28-21(27)17-18(26)16(10-12-11-23-19-15(12)4-3-9-22-19)29-20(17)24-13-5-7-14(25)8-6-13/h3-4,9-11,13-14,24-25H,2,5-8H2,1H3,(H,22,23)/t13-,14-. The highest BCUT2D eigenvalue weighted by molar-refractivity contribution is 6.26. The number of carbonyl (C=O) groups is 2. The largest absolute Gasteiger partial charge is 0.462 e. The zero-order valence-corrected chi connectivity index (χ0v) is 16.1. The van der Waals surface area contributed by atoms with Gasteiger partial charge >= 0.3 is 5.97 Å². The Labute approximate surface area is 167 Å². The molecule has 1 aliphatic heterocycles. The Bertz CT molecular complexity index is 999. The number of Topliss-reactive ketones (excluding diaryl/α,β-unsaturated/α-hetero) is 1. The summed E-state index contributed by atoms with van der Waals surface area (Å²) in [6.45, 7) is 1.84. The molecule has 3 N–H and O–H groups in total. The van der Waals surface area contributed by atoms with E-state index in [9.17, 15) is 14.7 Å². The van der Waals surface area contributed by atoms with Gasteiger partial charge in [0, 0.05) is 29.4 Å². The van der Waals surface area contributed by atoms with Gasteiger partial charge in [-0.05, 0) is 50.8 Å². The van der Waals surface area contributed by atoms with Crippen molar-refractivity contribution < 1.29 is 24.2 Å². The van der Waals surface area contributed by atoms with E-state index < -0.39 is 11.8 Å². The number of aromatic nitrogens is 2. The number of fused-ring (bicyclic) bond motifs is 1. The van der Waals surface area contributed by atoms with Crippen LogP contribution in [0.2, 0.25) is 0 Å². The van der Waals surface area contributed by atoms with E-state index in [-0.39, 0.29) is 36.0 Å². The minimum atomic E-state index is -0.708. The van der Waals surface area contributed by atoms with Crippen LogP contribution < -0.4 is 5.32 Å². The predicted octanol–water partition coefficient (Wildman–Crippen LogP) is 2.17. The number of hydrogen-bond donors (Lipinski definition) is 3. The second-order valence-electron chi connectivity index (χ2n) is 7.16. The molecule has 2 aliphatic rings.